The maximum absolute atomic E-state index is 12.5. The predicted octanol–water partition coefficient (Wildman–Crippen LogP) is 2.10. The van der Waals surface area contributed by atoms with Gasteiger partial charge in [0.15, 0.2) is 0 Å². The smallest absolute Gasteiger partial charge is 0.300 e. The van der Waals surface area contributed by atoms with Crippen molar-refractivity contribution in [3.63, 3.8) is 0 Å². The minimum absolute atomic E-state index is 0.245. The highest BCUT2D eigenvalue weighted by atomic mass is 35.5. The molecule has 0 saturated carbocycles. The second kappa shape index (κ2) is 5.21. The molecule has 0 aliphatic heterocycles. The van der Waals surface area contributed by atoms with Crippen LogP contribution in [0.1, 0.15) is 12.7 Å². The van der Waals surface area contributed by atoms with Gasteiger partial charge in [0.2, 0.25) is 5.65 Å². The van der Waals surface area contributed by atoms with Crippen molar-refractivity contribution in [2.24, 2.45) is 0 Å². The maximum Gasteiger partial charge on any atom is 0.300 e. The van der Waals surface area contributed by atoms with Gasteiger partial charge in [-0.25, -0.2) is 0 Å². The van der Waals surface area contributed by atoms with Gasteiger partial charge in [0.1, 0.15) is 11.6 Å². The summed E-state index contributed by atoms with van der Waals surface area (Å²) in [5.74, 6) is 1.31. The average Bonchev–Trinajstić information content (AvgIpc) is 2.91. The first-order valence-electron chi connectivity index (χ1n) is 6.45. The molecule has 3 rings (SSSR count). The van der Waals surface area contributed by atoms with Crippen LogP contribution in [0.4, 0.5) is 0 Å². The van der Waals surface area contributed by atoms with Crippen LogP contribution in [-0.2, 0) is 6.42 Å². The Morgan fingerprint density at radius 3 is 2.76 bits per heavy atom. The molecule has 6 nitrogen and oxygen atoms in total. The van der Waals surface area contributed by atoms with E-state index < -0.39 is 0 Å². The number of hydrogen-bond donors (Lipinski definition) is 0. The number of aryl methyl sites for hydroxylation is 1. The van der Waals surface area contributed by atoms with Crippen molar-refractivity contribution in [1.82, 2.24) is 19.2 Å². The average molecular weight is 305 g/mol. The molecule has 3 aromatic rings. The highest BCUT2D eigenvalue weighted by Gasteiger charge is 2.11. The molecule has 0 fully saturated rings. The molecule has 0 aliphatic rings. The molecular formula is C14H13ClN4O2. The summed E-state index contributed by atoms with van der Waals surface area (Å²) in [6, 6.07) is 5.16. The summed E-state index contributed by atoms with van der Waals surface area (Å²) in [6.45, 7) is 1.96. The van der Waals surface area contributed by atoms with E-state index in [0.717, 1.165) is 5.82 Å². The van der Waals surface area contributed by atoms with E-state index in [1.54, 1.807) is 42.1 Å². The summed E-state index contributed by atoms with van der Waals surface area (Å²) < 4.78 is 8.29. The van der Waals surface area contributed by atoms with Crippen molar-refractivity contribution in [2.45, 2.75) is 13.3 Å². The quantitative estimate of drug-likeness (QED) is 0.743. The third kappa shape index (κ3) is 2.17. The molecule has 7 heteroatoms. The number of ether oxygens (including phenoxy) is 1. The van der Waals surface area contributed by atoms with Gasteiger partial charge in [-0.05, 0) is 18.2 Å². The molecule has 21 heavy (non-hydrogen) atoms. The van der Waals surface area contributed by atoms with Gasteiger partial charge in [0.05, 0.1) is 17.8 Å². The topological polar surface area (TPSA) is 61.4 Å². The zero-order chi connectivity index (χ0) is 15.0. The number of benzene rings is 1. The number of nitrogens with zero attached hydrogens (tertiary/aromatic N) is 4. The predicted molar refractivity (Wildman–Crippen MR) is 79.5 cm³/mol. The number of methoxy groups -OCH3 is 1. The minimum Gasteiger partial charge on any atom is -0.495 e. The second-order valence-corrected chi connectivity index (χ2v) is 4.86. The Morgan fingerprint density at radius 1 is 1.29 bits per heavy atom. The van der Waals surface area contributed by atoms with Crippen molar-refractivity contribution < 1.29 is 4.74 Å². The zero-order valence-electron chi connectivity index (χ0n) is 11.6. The normalized spacial score (nSPS) is 11.0. The summed E-state index contributed by atoms with van der Waals surface area (Å²) >= 11 is 6.10. The molecular weight excluding hydrogens is 292 g/mol. The van der Waals surface area contributed by atoms with Crippen molar-refractivity contribution in [3.8, 4) is 11.4 Å². The molecule has 0 radical (unpaired) electrons. The van der Waals surface area contributed by atoms with E-state index in [2.05, 4.69) is 10.2 Å². The first-order chi connectivity index (χ1) is 10.2. The van der Waals surface area contributed by atoms with Gasteiger partial charge >= 0.3 is 5.56 Å². The van der Waals surface area contributed by atoms with Crippen LogP contribution in [0.2, 0.25) is 5.02 Å². The molecule has 0 aliphatic carbocycles. The SMILES string of the molecule is CCc1nnc2c(=O)n(-c3ccc(OC)c(Cl)c3)ccn12. The molecule has 2 aromatic heterocycles. The lowest BCUT2D eigenvalue weighted by molar-refractivity contribution is 0.415. The Hall–Kier alpha value is -2.34. The molecule has 0 amide bonds. The molecule has 0 atom stereocenters. The lowest BCUT2D eigenvalue weighted by Crippen LogP contribution is -2.20. The second-order valence-electron chi connectivity index (χ2n) is 4.46. The monoisotopic (exact) mass is 304 g/mol. The lowest BCUT2D eigenvalue weighted by atomic mass is 10.3. The highest BCUT2D eigenvalue weighted by Crippen LogP contribution is 2.26. The number of rotatable bonds is 3. The molecule has 108 valence electrons. The fourth-order valence-corrected chi connectivity index (χ4v) is 2.44. The van der Waals surface area contributed by atoms with Crippen molar-refractivity contribution in [1.29, 1.82) is 0 Å². The molecule has 0 bridgehead atoms. The van der Waals surface area contributed by atoms with E-state index >= 15 is 0 Å². The maximum atomic E-state index is 12.5. The summed E-state index contributed by atoms with van der Waals surface area (Å²) in [7, 11) is 1.54. The van der Waals surface area contributed by atoms with Gasteiger partial charge < -0.3 is 4.74 Å². The number of fused-ring (bicyclic) bond motifs is 1. The molecule has 0 N–H and O–H groups in total. The van der Waals surface area contributed by atoms with Gasteiger partial charge in [-0.3, -0.25) is 13.8 Å². The van der Waals surface area contributed by atoms with Crippen LogP contribution < -0.4 is 10.3 Å². The number of hydrogen-bond acceptors (Lipinski definition) is 4. The van der Waals surface area contributed by atoms with E-state index in [-0.39, 0.29) is 5.56 Å². The van der Waals surface area contributed by atoms with Crippen LogP contribution >= 0.6 is 11.6 Å². The van der Waals surface area contributed by atoms with E-state index in [9.17, 15) is 4.79 Å². The molecule has 1 aromatic carbocycles. The van der Waals surface area contributed by atoms with Crippen LogP contribution in [0.25, 0.3) is 11.3 Å². The Kier molecular flexibility index (Phi) is 3.39. The highest BCUT2D eigenvalue weighted by molar-refractivity contribution is 6.32. The summed E-state index contributed by atoms with van der Waals surface area (Å²) in [4.78, 5) is 12.5. The molecule has 2 heterocycles. The van der Waals surface area contributed by atoms with Crippen LogP contribution in [0.15, 0.2) is 35.4 Å². The van der Waals surface area contributed by atoms with Crippen LogP contribution in [0.5, 0.6) is 5.75 Å². The van der Waals surface area contributed by atoms with Crippen molar-refractivity contribution >= 4 is 17.2 Å². The minimum atomic E-state index is -0.245. The van der Waals surface area contributed by atoms with Gasteiger partial charge in [-0.1, -0.05) is 18.5 Å². The van der Waals surface area contributed by atoms with Gasteiger partial charge in [0.25, 0.3) is 0 Å². The lowest BCUT2D eigenvalue weighted by Gasteiger charge is -2.09. The fraction of sp³-hybridized carbons (Fsp3) is 0.214. The molecule has 0 spiro atoms. The van der Waals surface area contributed by atoms with Crippen molar-refractivity contribution in [2.75, 3.05) is 7.11 Å². The Balaban J connectivity index is 2.19. The van der Waals surface area contributed by atoms with E-state index in [0.29, 0.717) is 28.5 Å². The zero-order valence-corrected chi connectivity index (χ0v) is 12.3. The first kappa shape index (κ1) is 13.6. The standard InChI is InChI=1S/C14H13ClN4O2/c1-3-12-16-17-13-14(20)18(6-7-19(12)13)9-4-5-11(21-2)10(15)8-9/h4-8H,3H2,1-2H3. The Labute approximate surface area is 125 Å². The molecule has 0 unspecified atom stereocenters. The van der Waals surface area contributed by atoms with Crippen LogP contribution in [0.3, 0.4) is 0 Å². The van der Waals surface area contributed by atoms with E-state index in [4.69, 9.17) is 16.3 Å². The third-order valence-electron chi connectivity index (χ3n) is 3.27. The fourth-order valence-electron chi connectivity index (χ4n) is 2.18. The third-order valence-corrected chi connectivity index (χ3v) is 3.57. The van der Waals surface area contributed by atoms with Crippen LogP contribution in [0, 0.1) is 0 Å². The van der Waals surface area contributed by atoms with E-state index in [1.807, 2.05) is 6.92 Å². The van der Waals surface area contributed by atoms with E-state index in [1.165, 1.54) is 4.57 Å². The van der Waals surface area contributed by atoms with Gasteiger partial charge in [0, 0.05) is 18.8 Å². The van der Waals surface area contributed by atoms with Gasteiger partial charge in [-0.15, -0.1) is 10.2 Å². The largest absolute Gasteiger partial charge is 0.495 e. The van der Waals surface area contributed by atoms with Crippen LogP contribution in [-0.4, -0.2) is 26.3 Å². The summed E-state index contributed by atoms with van der Waals surface area (Å²) in [5, 5.41) is 8.40. The number of aromatic nitrogens is 4. The summed E-state index contributed by atoms with van der Waals surface area (Å²) in [6.07, 6.45) is 4.16. The van der Waals surface area contributed by atoms with Crippen molar-refractivity contribution in [3.05, 3.63) is 51.8 Å². The molecule has 0 saturated heterocycles. The first-order valence-corrected chi connectivity index (χ1v) is 6.82. The Morgan fingerprint density at radius 2 is 2.10 bits per heavy atom. The van der Waals surface area contributed by atoms with Gasteiger partial charge in [-0.2, -0.15) is 0 Å². The Bertz CT molecular complexity index is 869. The summed E-state index contributed by atoms with van der Waals surface area (Å²) in [5.41, 5.74) is 0.696. The number of halogens is 1.